The smallest absolute Gasteiger partial charge is 0.224 e. The van der Waals surface area contributed by atoms with Crippen LogP contribution in [0.1, 0.15) is 56.8 Å². The predicted molar refractivity (Wildman–Crippen MR) is 182 cm³/mol. The van der Waals surface area contributed by atoms with Crippen molar-refractivity contribution in [3.63, 3.8) is 0 Å². The Morgan fingerprint density at radius 3 is 2.62 bits per heavy atom. The lowest BCUT2D eigenvalue weighted by Gasteiger charge is -2.40. The minimum atomic E-state index is -0.362. The van der Waals surface area contributed by atoms with Crippen LogP contribution in [0.4, 0.5) is 17.1 Å². The zero-order chi connectivity index (χ0) is 32.3. The van der Waals surface area contributed by atoms with Gasteiger partial charge in [-0.25, -0.2) is 0 Å². The van der Waals surface area contributed by atoms with E-state index in [1.54, 1.807) is 30.5 Å². The summed E-state index contributed by atoms with van der Waals surface area (Å²) in [5.74, 6) is 0.690. The Hall–Kier alpha value is -3.71. The molecular formula is C34H42Cl2N6O3. The fraction of sp³-hybridized carbons (Fsp3) is 0.441. The lowest BCUT2D eigenvalue weighted by molar-refractivity contribution is -0.116. The second kappa shape index (κ2) is 16.6. The first-order valence-corrected chi connectivity index (χ1v) is 16.2. The van der Waals surface area contributed by atoms with Gasteiger partial charge in [0.25, 0.3) is 0 Å². The molecule has 2 atom stereocenters. The largest absolute Gasteiger partial charge is 0.492 e. The van der Waals surface area contributed by atoms with Crippen molar-refractivity contribution in [2.45, 2.75) is 52.2 Å². The van der Waals surface area contributed by atoms with Crippen molar-refractivity contribution in [3.05, 3.63) is 70.0 Å². The van der Waals surface area contributed by atoms with Gasteiger partial charge in [-0.3, -0.25) is 9.78 Å². The summed E-state index contributed by atoms with van der Waals surface area (Å²) < 4.78 is 11.9. The number of unbranched alkanes of at least 4 members (excludes halogenated alkanes) is 1. The predicted octanol–water partition coefficient (Wildman–Crippen LogP) is 7.56. The highest BCUT2D eigenvalue weighted by molar-refractivity contribution is 6.32. The normalized spacial score (nSPS) is 15.7. The molecule has 2 aromatic carbocycles. The van der Waals surface area contributed by atoms with Crippen LogP contribution in [0.5, 0.6) is 11.5 Å². The number of hydrogen-bond acceptors (Lipinski definition) is 8. The van der Waals surface area contributed by atoms with Gasteiger partial charge in [0.2, 0.25) is 5.91 Å². The number of hydrogen-bond donors (Lipinski definition) is 2. The minimum absolute atomic E-state index is 0.0758. The van der Waals surface area contributed by atoms with E-state index in [-0.39, 0.29) is 24.5 Å². The topological polar surface area (TPSA) is 103 Å². The quantitative estimate of drug-likeness (QED) is 0.173. The van der Waals surface area contributed by atoms with Crippen LogP contribution < -0.4 is 25.0 Å². The molecule has 45 heavy (non-hydrogen) atoms. The fourth-order valence-corrected chi connectivity index (χ4v) is 5.75. The van der Waals surface area contributed by atoms with Crippen LogP contribution in [0.2, 0.25) is 10.0 Å². The highest BCUT2D eigenvalue weighted by atomic mass is 35.5. The number of halogens is 2. The number of benzene rings is 2. The molecule has 0 radical (unpaired) electrons. The van der Waals surface area contributed by atoms with Gasteiger partial charge >= 0.3 is 0 Å². The van der Waals surface area contributed by atoms with Gasteiger partial charge in [-0.05, 0) is 76.8 Å². The van der Waals surface area contributed by atoms with Gasteiger partial charge in [0.05, 0.1) is 41.0 Å². The summed E-state index contributed by atoms with van der Waals surface area (Å²) in [6.45, 7) is 6.96. The lowest BCUT2D eigenvalue weighted by Crippen LogP contribution is -2.40. The van der Waals surface area contributed by atoms with Crippen LogP contribution in [-0.4, -0.2) is 56.1 Å². The number of fused-ring (bicyclic) bond motifs is 1. The first-order chi connectivity index (χ1) is 21.7. The van der Waals surface area contributed by atoms with Crippen LogP contribution >= 0.6 is 23.2 Å². The van der Waals surface area contributed by atoms with Gasteiger partial charge in [0, 0.05) is 53.7 Å². The Bertz CT molecular complexity index is 1500. The zero-order valence-corrected chi connectivity index (χ0v) is 27.9. The molecule has 2 unspecified atom stereocenters. The number of ether oxygens (including phenoxy) is 2. The third-order valence-electron chi connectivity index (χ3n) is 7.56. The van der Waals surface area contributed by atoms with Crippen molar-refractivity contribution >= 4 is 46.2 Å². The minimum Gasteiger partial charge on any atom is -0.492 e. The molecule has 0 fully saturated rings. The average molecular weight is 654 g/mol. The number of carbonyl (C=O) groups is 1. The fourth-order valence-electron chi connectivity index (χ4n) is 5.33. The third kappa shape index (κ3) is 9.40. The van der Waals surface area contributed by atoms with Crippen molar-refractivity contribution in [2.75, 3.05) is 55.9 Å². The van der Waals surface area contributed by atoms with Crippen LogP contribution in [-0.2, 0) is 11.4 Å². The summed E-state index contributed by atoms with van der Waals surface area (Å²) in [7, 11) is 3.98. The number of nitriles is 1. The second-order valence-corrected chi connectivity index (χ2v) is 12.2. The van der Waals surface area contributed by atoms with Gasteiger partial charge in [0.15, 0.2) is 0 Å². The second-order valence-electron chi connectivity index (χ2n) is 11.4. The van der Waals surface area contributed by atoms with Crippen molar-refractivity contribution in [2.24, 2.45) is 5.92 Å². The highest BCUT2D eigenvalue weighted by Crippen LogP contribution is 2.45. The summed E-state index contributed by atoms with van der Waals surface area (Å²) in [5.41, 5.74) is 3.94. The Morgan fingerprint density at radius 2 is 1.93 bits per heavy atom. The molecule has 1 aromatic heterocycles. The SMILES string of the molecule is CCCCN1CC(C#N)C(Nc2ccc(OCc3cc(Cl)ccn3)c(Cl)c2)c2cc(NC(=O)CCCN(C)C)c(OCC)cc21. The zero-order valence-electron chi connectivity index (χ0n) is 26.4. The maximum absolute atomic E-state index is 12.9. The van der Waals surface area contributed by atoms with Gasteiger partial charge in [-0.15, -0.1) is 0 Å². The molecule has 0 bridgehead atoms. The number of carbonyl (C=O) groups excluding carboxylic acids is 1. The van der Waals surface area contributed by atoms with Crippen molar-refractivity contribution in [3.8, 4) is 17.6 Å². The Labute approximate surface area is 276 Å². The van der Waals surface area contributed by atoms with Crippen LogP contribution in [0.15, 0.2) is 48.7 Å². The number of rotatable bonds is 15. The number of nitrogens with one attached hydrogen (secondary N) is 2. The molecule has 4 rings (SSSR count). The van der Waals surface area contributed by atoms with E-state index >= 15 is 0 Å². The van der Waals surface area contributed by atoms with Gasteiger partial charge in [-0.2, -0.15) is 5.26 Å². The molecule has 1 aliphatic rings. The van der Waals surface area contributed by atoms with E-state index in [0.717, 1.165) is 49.3 Å². The summed E-state index contributed by atoms with van der Waals surface area (Å²) in [4.78, 5) is 21.5. The van der Waals surface area contributed by atoms with E-state index < -0.39 is 0 Å². The number of amides is 1. The molecule has 11 heteroatoms. The molecule has 0 spiro atoms. The molecule has 3 aromatic rings. The molecular weight excluding hydrogens is 611 g/mol. The summed E-state index contributed by atoms with van der Waals surface area (Å²) in [5, 5.41) is 18.0. The monoisotopic (exact) mass is 652 g/mol. The maximum Gasteiger partial charge on any atom is 0.224 e. The number of anilines is 3. The highest BCUT2D eigenvalue weighted by Gasteiger charge is 2.35. The summed E-state index contributed by atoms with van der Waals surface area (Å²) in [6.07, 6.45) is 4.80. The third-order valence-corrected chi connectivity index (χ3v) is 8.09. The van der Waals surface area contributed by atoms with E-state index in [2.05, 4.69) is 38.4 Å². The van der Waals surface area contributed by atoms with Crippen molar-refractivity contribution in [1.29, 1.82) is 5.26 Å². The van der Waals surface area contributed by atoms with E-state index in [1.165, 1.54) is 0 Å². The van der Waals surface area contributed by atoms with E-state index in [4.69, 9.17) is 32.7 Å². The van der Waals surface area contributed by atoms with Crippen LogP contribution in [0, 0.1) is 17.2 Å². The lowest BCUT2D eigenvalue weighted by atomic mass is 9.86. The van der Waals surface area contributed by atoms with E-state index in [0.29, 0.717) is 52.5 Å². The van der Waals surface area contributed by atoms with Gasteiger partial charge in [-0.1, -0.05) is 36.5 Å². The molecule has 1 aliphatic heterocycles. The molecule has 0 saturated carbocycles. The standard InChI is InChI=1S/C34H42Cl2N6O3/c1-5-7-15-42-21-23(20-37)34(39-25-10-11-31(28(36)17-25)45-22-26-16-24(35)12-13-38-26)27-18-29(32(44-6-2)19-30(27)42)40-33(43)9-8-14-41(3)4/h10-13,16-19,23,34,39H,5-9,14-15,21-22H2,1-4H3,(H,40,43). The molecule has 0 saturated heterocycles. The molecule has 2 heterocycles. The van der Waals surface area contributed by atoms with Crippen molar-refractivity contribution in [1.82, 2.24) is 9.88 Å². The summed E-state index contributed by atoms with van der Waals surface area (Å²) >= 11 is 12.7. The first-order valence-electron chi connectivity index (χ1n) is 15.4. The summed E-state index contributed by atoms with van der Waals surface area (Å²) in [6, 6.07) is 15.1. The van der Waals surface area contributed by atoms with E-state index in [1.807, 2.05) is 39.2 Å². The molecule has 9 nitrogen and oxygen atoms in total. The number of aromatic nitrogens is 1. The van der Waals surface area contributed by atoms with Gasteiger partial charge in [0.1, 0.15) is 18.1 Å². The number of pyridine rings is 1. The number of nitrogens with zero attached hydrogens (tertiary/aromatic N) is 4. The molecule has 1 amide bonds. The van der Waals surface area contributed by atoms with Crippen LogP contribution in [0.3, 0.4) is 0 Å². The van der Waals surface area contributed by atoms with Crippen molar-refractivity contribution < 1.29 is 14.3 Å². The van der Waals surface area contributed by atoms with Crippen LogP contribution in [0.25, 0.3) is 0 Å². The molecule has 0 aliphatic carbocycles. The van der Waals surface area contributed by atoms with Gasteiger partial charge < -0.3 is 29.9 Å². The average Bonchev–Trinajstić information content (AvgIpc) is 3.00. The Kier molecular flexibility index (Phi) is 12.6. The Morgan fingerprint density at radius 1 is 1.11 bits per heavy atom. The maximum atomic E-state index is 12.9. The van der Waals surface area contributed by atoms with E-state index in [9.17, 15) is 10.1 Å². The Balaban J connectivity index is 1.63. The molecule has 2 N–H and O–H groups in total. The first kappa shape index (κ1) is 34.2. The molecule has 240 valence electrons.